The van der Waals surface area contributed by atoms with E-state index in [1.165, 1.54) is 12.1 Å². The Hall–Kier alpha value is -2.86. The van der Waals surface area contributed by atoms with Gasteiger partial charge >= 0.3 is 5.97 Å². The molecule has 0 aliphatic rings. The SMILES string of the molecule is CCOCCOc1ccccc1C(=O)Nc1cc(C(=O)O)ccc1C. The Kier molecular flexibility index (Phi) is 6.54. The van der Waals surface area contributed by atoms with Crippen molar-refractivity contribution in [2.45, 2.75) is 13.8 Å². The van der Waals surface area contributed by atoms with E-state index < -0.39 is 5.97 Å². The van der Waals surface area contributed by atoms with Crippen LogP contribution >= 0.6 is 0 Å². The van der Waals surface area contributed by atoms with Crippen molar-refractivity contribution >= 4 is 17.6 Å². The number of anilines is 1. The quantitative estimate of drug-likeness (QED) is 0.718. The summed E-state index contributed by atoms with van der Waals surface area (Å²) in [5, 5.41) is 11.8. The maximum absolute atomic E-state index is 12.6. The molecule has 0 saturated heterocycles. The third-order valence-electron chi connectivity index (χ3n) is 3.55. The molecule has 6 heteroatoms. The van der Waals surface area contributed by atoms with Gasteiger partial charge in [0, 0.05) is 12.3 Å². The first-order chi connectivity index (χ1) is 12.0. The average Bonchev–Trinajstić information content (AvgIpc) is 2.60. The summed E-state index contributed by atoms with van der Waals surface area (Å²) >= 11 is 0. The van der Waals surface area contributed by atoms with Gasteiger partial charge < -0.3 is 19.9 Å². The number of amides is 1. The summed E-state index contributed by atoms with van der Waals surface area (Å²) in [6, 6.07) is 11.5. The Morgan fingerprint density at radius 2 is 1.88 bits per heavy atom. The molecule has 0 spiro atoms. The van der Waals surface area contributed by atoms with Crippen molar-refractivity contribution in [1.82, 2.24) is 0 Å². The Bertz CT molecular complexity index is 757. The van der Waals surface area contributed by atoms with E-state index in [0.29, 0.717) is 36.8 Å². The zero-order valence-electron chi connectivity index (χ0n) is 14.2. The minimum absolute atomic E-state index is 0.113. The number of ether oxygens (including phenoxy) is 2. The minimum Gasteiger partial charge on any atom is -0.490 e. The van der Waals surface area contributed by atoms with Gasteiger partial charge in [-0.15, -0.1) is 0 Å². The smallest absolute Gasteiger partial charge is 0.335 e. The molecular formula is C19H21NO5. The van der Waals surface area contributed by atoms with E-state index in [0.717, 1.165) is 5.56 Å². The van der Waals surface area contributed by atoms with Gasteiger partial charge in [-0.25, -0.2) is 4.79 Å². The molecule has 6 nitrogen and oxygen atoms in total. The molecule has 0 saturated carbocycles. The summed E-state index contributed by atoms with van der Waals surface area (Å²) in [4.78, 5) is 23.7. The number of hydrogen-bond donors (Lipinski definition) is 2. The van der Waals surface area contributed by atoms with Crippen molar-refractivity contribution in [3.05, 3.63) is 59.2 Å². The first-order valence-corrected chi connectivity index (χ1v) is 7.97. The predicted molar refractivity (Wildman–Crippen MR) is 94.5 cm³/mol. The highest BCUT2D eigenvalue weighted by molar-refractivity contribution is 6.07. The molecule has 2 aromatic rings. The molecule has 2 aromatic carbocycles. The van der Waals surface area contributed by atoms with E-state index in [-0.39, 0.29) is 11.5 Å². The number of aryl methyl sites for hydroxylation is 1. The van der Waals surface area contributed by atoms with Gasteiger partial charge in [0.15, 0.2) is 0 Å². The maximum Gasteiger partial charge on any atom is 0.335 e. The number of carbonyl (C=O) groups is 2. The van der Waals surface area contributed by atoms with E-state index in [4.69, 9.17) is 14.6 Å². The number of carboxylic acids is 1. The number of benzene rings is 2. The summed E-state index contributed by atoms with van der Waals surface area (Å²) in [5.74, 6) is -0.959. The normalized spacial score (nSPS) is 10.3. The molecular weight excluding hydrogens is 322 g/mol. The van der Waals surface area contributed by atoms with E-state index in [1.807, 2.05) is 6.92 Å². The van der Waals surface area contributed by atoms with Crippen molar-refractivity contribution in [1.29, 1.82) is 0 Å². The maximum atomic E-state index is 12.6. The van der Waals surface area contributed by atoms with Crippen LogP contribution in [0.1, 0.15) is 33.2 Å². The van der Waals surface area contributed by atoms with Gasteiger partial charge in [-0.05, 0) is 43.7 Å². The zero-order valence-corrected chi connectivity index (χ0v) is 14.2. The van der Waals surface area contributed by atoms with Gasteiger partial charge in [0.05, 0.1) is 17.7 Å². The van der Waals surface area contributed by atoms with E-state index >= 15 is 0 Å². The lowest BCUT2D eigenvalue weighted by molar-refractivity contribution is 0.0696. The number of rotatable bonds is 8. The second-order valence-electron chi connectivity index (χ2n) is 5.33. The second-order valence-corrected chi connectivity index (χ2v) is 5.33. The van der Waals surface area contributed by atoms with Crippen molar-refractivity contribution in [3.8, 4) is 5.75 Å². The number of carbonyl (C=O) groups excluding carboxylic acids is 1. The molecule has 0 atom stereocenters. The standard InChI is InChI=1S/C19H21NO5/c1-3-24-10-11-25-17-7-5-4-6-15(17)18(21)20-16-12-14(19(22)23)9-8-13(16)2/h4-9,12H,3,10-11H2,1-2H3,(H,20,21)(H,22,23). The number of nitrogens with one attached hydrogen (secondary N) is 1. The van der Waals surface area contributed by atoms with Gasteiger partial charge in [0.25, 0.3) is 5.91 Å². The molecule has 1 amide bonds. The van der Waals surface area contributed by atoms with Crippen LogP contribution in [0.5, 0.6) is 5.75 Å². The highest BCUT2D eigenvalue weighted by Crippen LogP contribution is 2.22. The highest BCUT2D eigenvalue weighted by atomic mass is 16.5. The van der Waals surface area contributed by atoms with Crippen LogP contribution in [0.4, 0.5) is 5.69 Å². The van der Waals surface area contributed by atoms with Crippen molar-refractivity contribution in [2.75, 3.05) is 25.1 Å². The molecule has 25 heavy (non-hydrogen) atoms. The summed E-state index contributed by atoms with van der Waals surface area (Å²) in [7, 11) is 0. The second kappa shape index (κ2) is 8.84. The van der Waals surface area contributed by atoms with Crippen LogP contribution < -0.4 is 10.1 Å². The highest BCUT2D eigenvalue weighted by Gasteiger charge is 2.14. The zero-order chi connectivity index (χ0) is 18.2. The van der Waals surface area contributed by atoms with E-state index in [9.17, 15) is 9.59 Å². The largest absolute Gasteiger partial charge is 0.490 e. The van der Waals surface area contributed by atoms with Gasteiger partial charge in [-0.2, -0.15) is 0 Å². The first kappa shape index (κ1) is 18.5. The number of hydrogen-bond acceptors (Lipinski definition) is 4. The summed E-state index contributed by atoms with van der Waals surface area (Å²) in [5.41, 5.74) is 1.71. The fraction of sp³-hybridized carbons (Fsp3) is 0.263. The summed E-state index contributed by atoms with van der Waals surface area (Å²) in [6.45, 7) is 5.07. The fourth-order valence-corrected chi connectivity index (χ4v) is 2.21. The van der Waals surface area contributed by atoms with Crippen LogP contribution in [-0.4, -0.2) is 36.8 Å². The number of carboxylic acid groups (broad SMARTS) is 1. The molecule has 0 radical (unpaired) electrons. The van der Waals surface area contributed by atoms with Crippen molar-refractivity contribution < 1.29 is 24.2 Å². The Balaban J connectivity index is 2.16. The average molecular weight is 343 g/mol. The molecule has 132 valence electrons. The van der Waals surface area contributed by atoms with Crippen LogP contribution in [0.25, 0.3) is 0 Å². The third kappa shape index (κ3) is 5.06. The molecule has 0 aliphatic heterocycles. The lowest BCUT2D eigenvalue weighted by atomic mass is 10.1. The number of para-hydroxylation sites is 1. The topological polar surface area (TPSA) is 84.9 Å². The van der Waals surface area contributed by atoms with E-state index in [2.05, 4.69) is 5.32 Å². The van der Waals surface area contributed by atoms with Gasteiger partial charge in [-0.1, -0.05) is 18.2 Å². The van der Waals surface area contributed by atoms with Crippen LogP contribution in [0.3, 0.4) is 0 Å². The molecule has 0 heterocycles. The van der Waals surface area contributed by atoms with Crippen LogP contribution in [0, 0.1) is 6.92 Å². The third-order valence-corrected chi connectivity index (χ3v) is 3.55. The van der Waals surface area contributed by atoms with Crippen molar-refractivity contribution in [3.63, 3.8) is 0 Å². The molecule has 0 unspecified atom stereocenters. The monoisotopic (exact) mass is 343 g/mol. The van der Waals surface area contributed by atoms with Crippen molar-refractivity contribution in [2.24, 2.45) is 0 Å². The Morgan fingerprint density at radius 1 is 1.12 bits per heavy atom. The fourth-order valence-electron chi connectivity index (χ4n) is 2.21. The van der Waals surface area contributed by atoms with Crippen LogP contribution in [0.15, 0.2) is 42.5 Å². The molecule has 2 rings (SSSR count). The molecule has 2 N–H and O–H groups in total. The Morgan fingerprint density at radius 3 is 2.60 bits per heavy atom. The Labute approximate surface area is 146 Å². The summed E-state index contributed by atoms with van der Waals surface area (Å²) in [6.07, 6.45) is 0. The van der Waals surface area contributed by atoms with E-state index in [1.54, 1.807) is 37.3 Å². The predicted octanol–water partition coefficient (Wildman–Crippen LogP) is 3.36. The lowest BCUT2D eigenvalue weighted by Gasteiger charge is -2.13. The lowest BCUT2D eigenvalue weighted by Crippen LogP contribution is -2.16. The first-order valence-electron chi connectivity index (χ1n) is 7.97. The summed E-state index contributed by atoms with van der Waals surface area (Å²) < 4.78 is 10.8. The van der Waals surface area contributed by atoms with Gasteiger partial charge in [0.1, 0.15) is 12.4 Å². The molecule has 0 aliphatic carbocycles. The number of aromatic carboxylic acids is 1. The molecule has 0 fully saturated rings. The van der Waals surface area contributed by atoms with Gasteiger partial charge in [0.2, 0.25) is 0 Å². The minimum atomic E-state index is -1.05. The van der Waals surface area contributed by atoms with Crippen LogP contribution in [-0.2, 0) is 4.74 Å². The van der Waals surface area contributed by atoms with Crippen LogP contribution in [0.2, 0.25) is 0 Å². The molecule has 0 aromatic heterocycles. The molecule has 0 bridgehead atoms. The van der Waals surface area contributed by atoms with Gasteiger partial charge in [-0.3, -0.25) is 4.79 Å².